The van der Waals surface area contributed by atoms with Crippen LogP contribution in [0.5, 0.6) is 5.88 Å². The van der Waals surface area contributed by atoms with E-state index in [1.165, 1.54) is 12.3 Å². The van der Waals surface area contributed by atoms with Crippen molar-refractivity contribution < 1.29 is 13.5 Å². The van der Waals surface area contributed by atoms with Crippen LogP contribution in [0.15, 0.2) is 41.4 Å². The molecule has 0 saturated carbocycles. The molecule has 3 N–H and O–H groups in total. The Bertz CT molecular complexity index is 1170. The molecule has 1 aliphatic heterocycles. The van der Waals surface area contributed by atoms with Gasteiger partial charge >= 0.3 is 0 Å². The highest BCUT2D eigenvalue weighted by atomic mass is 32.2. The van der Waals surface area contributed by atoms with Crippen molar-refractivity contribution in [3.63, 3.8) is 0 Å². The number of sulfonamides is 1. The second-order valence-electron chi connectivity index (χ2n) is 7.05. The number of benzene rings is 1. The second kappa shape index (κ2) is 7.83. The number of aromatic amines is 1. The van der Waals surface area contributed by atoms with Crippen LogP contribution in [0.25, 0.3) is 22.2 Å². The molecule has 1 aliphatic rings. The smallest absolute Gasteiger partial charge is 0.242 e. The standard InChI is InChI=1S/C20H21N5O3S/c21-12-14-3-5-16-18(11-14)24-20(26)19(16)17-6-4-15(13-22-17)29(27,28)23-7-10-25-8-1-2-9-25/h3-6,11,13,23-24,26H,1-2,7-10H2. The fourth-order valence-electron chi connectivity index (χ4n) is 3.63. The first-order valence-corrected chi connectivity index (χ1v) is 10.9. The van der Waals surface area contributed by atoms with Crippen LogP contribution in [0.1, 0.15) is 18.4 Å². The molecular formula is C20H21N5O3S. The van der Waals surface area contributed by atoms with Gasteiger partial charge in [0.05, 0.1) is 28.4 Å². The SMILES string of the molecule is N#Cc1ccc2c(-c3ccc(S(=O)(=O)NCCN4CCCC4)cn3)c(O)[nH]c2c1. The van der Waals surface area contributed by atoms with Gasteiger partial charge in [-0.2, -0.15) is 5.26 Å². The Morgan fingerprint density at radius 2 is 2.03 bits per heavy atom. The summed E-state index contributed by atoms with van der Waals surface area (Å²) in [6, 6.07) is 10.1. The van der Waals surface area contributed by atoms with Gasteiger partial charge in [0, 0.05) is 24.7 Å². The molecule has 9 heteroatoms. The highest BCUT2D eigenvalue weighted by Crippen LogP contribution is 2.36. The minimum absolute atomic E-state index is 0.0776. The predicted octanol–water partition coefficient (Wildman–Crippen LogP) is 2.18. The molecule has 0 aliphatic carbocycles. The minimum atomic E-state index is -3.64. The molecule has 0 bridgehead atoms. The van der Waals surface area contributed by atoms with Crippen LogP contribution < -0.4 is 4.72 Å². The van der Waals surface area contributed by atoms with Crippen molar-refractivity contribution in [2.24, 2.45) is 0 Å². The lowest BCUT2D eigenvalue weighted by Crippen LogP contribution is -2.33. The van der Waals surface area contributed by atoms with E-state index in [1.807, 2.05) is 0 Å². The summed E-state index contributed by atoms with van der Waals surface area (Å²) >= 11 is 0. The summed E-state index contributed by atoms with van der Waals surface area (Å²) < 4.78 is 27.6. The lowest BCUT2D eigenvalue weighted by Gasteiger charge is -2.14. The third kappa shape index (κ3) is 3.96. The third-order valence-corrected chi connectivity index (χ3v) is 6.58. The highest BCUT2D eigenvalue weighted by molar-refractivity contribution is 7.89. The summed E-state index contributed by atoms with van der Waals surface area (Å²) in [7, 11) is -3.64. The molecular weight excluding hydrogens is 390 g/mol. The number of hydrogen-bond donors (Lipinski definition) is 3. The number of aromatic hydroxyl groups is 1. The average Bonchev–Trinajstić information content (AvgIpc) is 3.34. The van der Waals surface area contributed by atoms with Crippen LogP contribution in [0.4, 0.5) is 0 Å². The lowest BCUT2D eigenvalue weighted by molar-refractivity contribution is 0.344. The maximum absolute atomic E-state index is 12.5. The Balaban J connectivity index is 1.54. The van der Waals surface area contributed by atoms with E-state index in [9.17, 15) is 13.5 Å². The van der Waals surface area contributed by atoms with Crippen molar-refractivity contribution >= 4 is 20.9 Å². The Hall–Kier alpha value is -2.93. The monoisotopic (exact) mass is 411 g/mol. The number of nitrogens with one attached hydrogen (secondary N) is 2. The highest BCUT2D eigenvalue weighted by Gasteiger charge is 2.19. The molecule has 0 unspecified atom stereocenters. The molecule has 1 fully saturated rings. The van der Waals surface area contributed by atoms with Crippen molar-refractivity contribution in [1.82, 2.24) is 19.6 Å². The second-order valence-corrected chi connectivity index (χ2v) is 8.81. The molecule has 150 valence electrons. The van der Waals surface area contributed by atoms with E-state index < -0.39 is 10.0 Å². The Morgan fingerprint density at radius 3 is 2.72 bits per heavy atom. The van der Waals surface area contributed by atoms with Crippen LogP contribution in [-0.4, -0.2) is 54.6 Å². The van der Waals surface area contributed by atoms with Gasteiger partial charge in [-0.15, -0.1) is 0 Å². The van der Waals surface area contributed by atoms with Gasteiger partial charge in [-0.1, -0.05) is 6.07 Å². The summed E-state index contributed by atoms with van der Waals surface area (Å²) in [5, 5.41) is 20.0. The average molecular weight is 411 g/mol. The first-order valence-electron chi connectivity index (χ1n) is 9.41. The van der Waals surface area contributed by atoms with Crippen molar-refractivity contribution in [3.05, 3.63) is 42.1 Å². The van der Waals surface area contributed by atoms with Gasteiger partial charge in [0.15, 0.2) is 5.88 Å². The summed E-state index contributed by atoms with van der Waals surface area (Å²) in [5.74, 6) is -0.0815. The topological polar surface area (TPSA) is 122 Å². The van der Waals surface area contributed by atoms with Gasteiger partial charge in [0.25, 0.3) is 0 Å². The van der Waals surface area contributed by atoms with Crippen molar-refractivity contribution in [1.29, 1.82) is 5.26 Å². The van der Waals surface area contributed by atoms with E-state index in [0.29, 0.717) is 40.8 Å². The van der Waals surface area contributed by atoms with E-state index in [2.05, 4.69) is 25.7 Å². The van der Waals surface area contributed by atoms with E-state index in [0.717, 1.165) is 25.9 Å². The van der Waals surface area contributed by atoms with Gasteiger partial charge in [-0.05, 0) is 50.2 Å². The van der Waals surface area contributed by atoms with E-state index >= 15 is 0 Å². The molecule has 4 rings (SSSR count). The van der Waals surface area contributed by atoms with Gasteiger partial charge in [0.2, 0.25) is 10.0 Å². The Labute approximate surface area is 168 Å². The third-order valence-electron chi connectivity index (χ3n) is 5.13. The number of H-pyrrole nitrogens is 1. The molecule has 8 nitrogen and oxygen atoms in total. The molecule has 1 aromatic carbocycles. The van der Waals surface area contributed by atoms with Crippen molar-refractivity contribution in [2.75, 3.05) is 26.2 Å². The predicted molar refractivity (Wildman–Crippen MR) is 109 cm³/mol. The number of nitriles is 1. The molecule has 0 amide bonds. The van der Waals surface area contributed by atoms with Crippen molar-refractivity contribution in [3.8, 4) is 23.2 Å². The van der Waals surface area contributed by atoms with E-state index in [1.54, 1.807) is 24.3 Å². The molecule has 3 aromatic rings. The van der Waals surface area contributed by atoms with E-state index in [4.69, 9.17) is 5.26 Å². The number of hydrogen-bond acceptors (Lipinski definition) is 6. The number of aromatic nitrogens is 2. The summed E-state index contributed by atoms with van der Waals surface area (Å²) in [6.45, 7) is 3.08. The number of fused-ring (bicyclic) bond motifs is 1. The molecule has 29 heavy (non-hydrogen) atoms. The van der Waals surface area contributed by atoms with Gasteiger partial charge < -0.3 is 15.0 Å². The fraction of sp³-hybridized carbons (Fsp3) is 0.300. The minimum Gasteiger partial charge on any atom is -0.494 e. The number of likely N-dealkylation sites (tertiary alicyclic amines) is 1. The van der Waals surface area contributed by atoms with Gasteiger partial charge in [-0.25, -0.2) is 13.1 Å². The summed E-state index contributed by atoms with van der Waals surface area (Å²) in [5.41, 5.74) is 1.99. The number of pyridine rings is 1. The normalized spacial score (nSPS) is 15.0. The van der Waals surface area contributed by atoms with Crippen LogP contribution in [-0.2, 0) is 10.0 Å². The molecule has 0 radical (unpaired) electrons. The first kappa shape index (κ1) is 19.4. The number of rotatable bonds is 6. The zero-order valence-corrected chi connectivity index (χ0v) is 16.5. The molecule has 0 atom stereocenters. The molecule has 2 aromatic heterocycles. The lowest BCUT2D eigenvalue weighted by atomic mass is 10.1. The summed E-state index contributed by atoms with van der Waals surface area (Å²) in [6.07, 6.45) is 3.61. The zero-order chi connectivity index (χ0) is 20.4. The van der Waals surface area contributed by atoms with Gasteiger partial charge in [0.1, 0.15) is 4.90 Å². The fourth-order valence-corrected chi connectivity index (χ4v) is 4.59. The molecule has 0 spiro atoms. The maximum atomic E-state index is 12.5. The Kier molecular flexibility index (Phi) is 5.24. The molecule has 3 heterocycles. The largest absolute Gasteiger partial charge is 0.494 e. The van der Waals surface area contributed by atoms with Crippen LogP contribution in [0.3, 0.4) is 0 Å². The molecule has 1 saturated heterocycles. The van der Waals surface area contributed by atoms with Crippen LogP contribution in [0.2, 0.25) is 0 Å². The summed E-state index contributed by atoms with van der Waals surface area (Å²) in [4.78, 5) is 9.40. The van der Waals surface area contributed by atoms with Crippen LogP contribution >= 0.6 is 0 Å². The van der Waals surface area contributed by atoms with Crippen molar-refractivity contribution in [2.45, 2.75) is 17.7 Å². The zero-order valence-electron chi connectivity index (χ0n) is 15.7. The maximum Gasteiger partial charge on any atom is 0.242 e. The Morgan fingerprint density at radius 1 is 1.24 bits per heavy atom. The quantitative estimate of drug-likeness (QED) is 0.571. The van der Waals surface area contributed by atoms with Gasteiger partial charge in [-0.3, -0.25) is 4.98 Å². The first-order chi connectivity index (χ1) is 14.0. The van der Waals surface area contributed by atoms with Crippen LogP contribution in [0, 0.1) is 11.3 Å². The number of nitrogens with zero attached hydrogens (tertiary/aromatic N) is 3. The van der Waals surface area contributed by atoms with E-state index in [-0.39, 0.29) is 10.8 Å².